The SMILES string of the molecule is CC(CN(C)C)NC(=O)c1ccc(F)cc1. The zero-order valence-corrected chi connectivity index (χ0v) is 9.83. The number of nitrogens with one attached hydrogen (secondary N) is 1. The van der Waals surface area contributed by atoms with Crippen molar-refractivity contribution in [2.75, 3.05) is 20.6 Å². The molecule has 0 saturated carbocycles. The van der Waals surface area contributed by atoms with Gasteiger partial charge >= 0.3 is 0 Å². The minimum atomic E-state index is -0.335. The van der Waals surface area contributed by atoms with Gasteiger partial charge in [-0.15, -0.1) is 0 Å². The van der Waals surface area contributed by atoms with E-state index in [0.717, 1.165) is 6.54 Å². The van der Waals surface area contributed by atoms with Crippen molar-refractivity contribution in [2.45, 2.75) is 13.0 Å². The first-order valence-electron chi connectivity index (χ1n) is 5.20. The molecule has 1 N–H and O–H groups in total. The summed E-state index contributed by atoms with van der Waals surface area (Å²) >= 11 is 0. The summed E-state index contributed by atoms with van der Waals surface area (Å²) in [5.41, 5.74) is 0.479. The van der Waals surface area contributed by atoms with E-state index in [1.165, 1.54) is 24.3 Å². The number of hydrogen-bond donors (Lipinski definition) is 1. The number of amides is 1. The Morgan fingerprint density at radius 1 is 1.38 bits per heavy atom. The van der Waals surface area contributed by atoms with Crippen LogP contribution in [0.1, 0.15) is 17.3 Å². The Kier molecular flexibility index (Phi) is 4.43. The molecule has 0 spiro atoms. The van der Waals surface area contributed by atoms with Crippen LogP contribution in [-0.4, -0.2) is 37.5 Å². The molecule has 0 aliphatic heterocycles. The molecule has 0 aliphatic carbocycles. The number of nitrogens with zero attached hydrogens (tertiary/aromatic N) is 1. The number of likely N-dealkylation sites (N-methyl/N-ethyl adjacent to an activating group) is 1. The topological polar surface area (TPSA) is 32.3 Å². The van der Waals surface area contributed by atoms with E-state index in [0.29, 0.717) is 5.56 Å². The molecule has 0 bridgehead atoms. The molecule has 1 atom stereocenters. The lowest BCUT2D eigenvalue weighted by molar-refractivity contribution is 0.0934. The average Bonchev–Trinajstić information content (AvgIpc) is 2.16. The third-order valence-corrected chi connectivity index (χ3v) is 2.12. The van der Waals surface area contributed by atoms with Gasteiger partial charge in [0.05, 0.1) is 0 Å². The van der Waals surface area contributed by atoms with Crippen LogP contribution in [0.2, 0.25) is 0 Å². The molecule has 1 amide bonds. The number of carbonyl (C=O) groups is 1. The Balaban J connectivity index is 2.55. The van der Waals surface area contributed by atoms with Gasteiger partial charge in [0.15, 0.2) is 0 Å². The molecule has 0 heterocycles. The van der Waals surface area contributed by atoms with Crippen molar-refractivity contribution in [3.05, 3.63) is 35.6 Å². The maximum absolute atomic E-state index is 12.6. The summed E-state index contributed by atoms with van der Waals surface area (Å²) in [4.78, 5) is 13.7. The second kappa shape index (κ2) is 5.61. The molecular weight excluding hydrogens is 207 g/mol. The molecule has 1 unspecified atom stereocenters. The van der Waals surface area contributed by atoms with E-state index < -0.39 is 0 Å². The van der Waals surface area contributed by atoms with Crippen molar-refractivity contribution < 1.29 is 9.18 Å². The molecule has 1 aromatic rings. The van der Waals surface area contributed by atoms with Gasteiger partial charge in [-0.05, 0) is 45.3 Å². The first kappa shape index (κ1) is 12.6. The van der Waals surface area contributed by atoms with Gasteiger partial charge < -0.3 is 10.2 Å². The predicted octanol–water partition coefficient (Wildman–Crippen LogP) is 1.51. The van der Waals surface area contributed by atoms with E-state index in [1.54, 1.807) is 0 Å². The highest BCUT2D eigenvalue weighted by Crippen LogP contribution is 2.02. The highest BCUT2D eigenvalue weighted by Gasteiger charge is 2.09. The van der Waals surface area contributed by atoms with Crippen molar-refractivity contribution in [1.82, 2.24) is 10.2 Å². The molecule has 16 heavy (non-hydrogen) atoms. The number of halogens is 1. The third-order valence-electron chi connectivity index (χ3n) is 2.12. The first-order chi connectivity index (χ1) is 7.49. The smallest absolute Gasteiger partial charge is 0.251 e. The molecular formula is C12H17FN2O. The van der Waals surface area contributed by atoms with Crippen LogP contribution in [-0.2, 0) is 0 Å². The second-order valence-corrected chi connectivity index (χ2v) is 4.14. The molecule has 1 aromatic carbocycles. The van der Waals surface area contributed by atoms with E-state index in [1.807, 2.05) is 25.9 Å². The fourth-order valence-electron chi connectivity index (χ4n) is 1.50. The lowest BCUT2D eigenvalue weighted by Crippen LogP contribution is -2.39. The van der Waals surface area contributed by atoms with Crippen LogP contribution < -0.4 is 5.32 Å². The number of rotatable bonds is 4. The average molecular weight is 224 g/mol. The molecule has 0 aliphatic rings. The zero-order chi connectivity index (χ0) is 12.1. The Hall–Kier alpha value is -1.42. The summed E-state index contributed by atoms with van der Waals surface area (Å²) in [5.74, 6) is -0.507. The van der Waals surface area contributed by atoms with Crippen molar-refractivity contribution in [2.24, 2.45) is 0 Å². The van der Waals surface area contributed by atoms with Crippen LogP contribution in [0.25, 0.3) is 0 Å². The zero-order valence-electron chi connectivity index (χ0n) is 9.83. The molecule has 3 nitrogen and oxygen atoms in total. The molecule has 0 aromatic heterocycles. The fraction of sp³-hybridized carbons (Fsp3) is 0.417. The molecule has 88 valence electrons. The minimum absolute atomic E-state index is 0.0625. The lowest BCUT2D eigenvalue weighted by Gasteiger charge is -2.18. The van der Waals surface area contributed by atoms with Gasteiger partial charge in [-0.25, -0.2) is 4.39 Å². The van der Waals surface area contributed by atoms with Crippen molar-refractivity contribution in [3.8, 4) is 0 Å². The van der Waals surface area contributed by atoms with Crippen LogP contribution in [0.4, 0.5) is 4.39 Å². The Morgan fingerprint density at radius 2 is 1.94 bits per heavy atom. The Morgan fingerprint density at radius 3 is 2.44 bits per heavy atom. The first-order valence-corrected chi connectivity index (χ1v) is 5.20. The van der Waals surface area contributed by atoms with Gasteiger partial charge in [-0.3, -0.25) is 4.79 Å². The Labute approximate surface area is 95.3 Å². The predicted molar refractivity (Wildman–Crippen MR) is 61.9 cm³/mol. The number of hydrogen-bond acceptors (Lipinski definition) is 2. The minimum Gasteiger partial charge on any atom is -0.348 e. The van der Waals surface area contributed by atoms with Gasteiger partial charge in [0.1, 0.15) is 5.82 Å². The van der Waals surface area contributed by atoms with Crippen LogP contribution >= 0.6 is 0 Å². The van der Waals surface area contributed by atoms with Gasteiger partial charge in [0, 0.05) is 18.2 Å². The number of carbonyl (C=O) groups excluding carboxylic acids is 1. The summed E-state index contributed by atoms with van der Waals surface area (Å²) in [6.45, 7) is 2.70. The van der Waals surface area contributed by atoms with Crippen LogP contribution in [0.3, 0.4) is 0 Å². The third kappa shape index (κ3) is 3.98. The normalized spacial score (nSPS) is 12.6. The van der Waals surface area contributed by atoms with Gasteiger partial charge in [-0.1, -0.05) is 0 Å². The monoisotopic (exact) mass is 224 g/mol. The van der Waals surface area contributed by atoms with E-state index in [9.17, 15) is 9.18 Å². The maximum atomic E-state index is 12.6. The van der Waals surface area contributed by atoms with Crippen molar-refractivity contribution in [1.29, 1.82) is 0 Å². The lowest BCUT2D eigenvalue weighted by atomic mass is 10.2. The fourth-order valence-corrected chi connectivity index (χ4v) is 1.50. The van der Waals surface area contributed by atoms with Crippen LogP contribution in [0, 0.1) is 5.82 Å². The highest BCUT2D eigenvalue weighted by atomic mass is 19.1. The van der Waals surface area contributed by atoms with Crippen LogP contribution in [0.15, 0.2) is 24.3 Å². The summed E-state index contributed by atoms with van der Waals surface area (Å²) in [6, 6.07) is 5.59. The molecule has 0 radical (unpaired) electrons. The standard InChI is InChI=1S/C12H17FN2O/c1-9(8-15(2)3)14-12(16)10-4-6-11(13)7-5-10/h4-7,9H,8H2,1-3H3,(H,14,16). The van der Waals surface area contributed by atoms with Gasteiger partial charge in [0.25, 0.3) is 5.91 Å². The highest BCUT2D eigenvalue weighted by molar-refractivity contribution is 5.94. The van der Waals surface area contributed by atoms with E-state index >= 15 is 0 Å². The summed E-state index contributed by atoms with van der Waals surface area (Å²) in [6.07, 6.45) is 0. The molecule has 1 rings (SSSR count). The molecule has 0 saturated heterocycles. The number of benzene rings is 1. The van der Waals surface area contributed by atoms with Crippen LogP contribution in [0.5, 0.6) is 0 Å². The second-order valence-electron chi connectivity index (χ2n) is 4.14. The van der Waals surface area contributed by atoms with E-state index in [2.05, 4.69) is 5.32 Å². The van der Waals surface area contributed by atoms with Gasteiger partial charge in [0.2, 0.25) is 0 Å². The molecule has 0 fully saturated rings. The molecule has 4 heteroatoms. The van der Waals surface area contributed by atoms with Crippen molar-refractivity contribution >= 4 is 5.91 Å². The van der Waals surface area contributed by atoms with E-state index in [-0.39, 0.29) is 17.8 Å². The largest absolute Gasteiger partial charge is 0.348 e. The van der Waals surface area contributed by atoms with Crippen molar-refractivity contribution in [3.63, 3.8) is 0 Å². The quantitative estimate of drug-likeness (QED) is 0.840. The summed E-state index contributed by atoms with van der Waals surface area (Å²) in [7, 11) is 3.89. The summed E-state index contributed by atoms with van der Waals surface area (Å²) < 4.78 is 12.6. The summed E-state index contributed by atoms with van der Waals surface area (Å²) in [5, 5.41) is 2.84. The maximum Gasteiger partial charge on any atom is 0.251 e. The van der Waals surface area contributed by atoms with Gasteiger partial charge in [-0.2, -0.15) is 0 Å². The Bertz CT molecular complexity index is 349. The van der Waals surface area contributed by atoms with E-state index in [4.69, 9.17) is 0 Å².